The predicted molar refractivity (Wildman–Crippen MR) is 106 cm³/mol. The number of nitriles is 1. The number of nitrogens with zero attached hydrogens (tertiary/aromatic N) is 1. The summed E-state index contributed by atoms with van der Waals surface area (Å²) in [4.78, 5) is 12.2. The van der Waals surface area contributed by atoms with E-state index in [0.29, 0.717) is 23.4 Å². The molecule has 0 spiro atoms. The van der Waals surface area contributed by atoms with Crippen molar-refractivity contribution in [2.24, 2.45) is 0 Å². The monoisotopic (exact) mass is 367 g/mol. The topological polar surface area (TPSA) is 74.2 Å². The average Bonchev–Trinajstić information content (AvgIpc) is 2.66. The van der Waals surface area contributed by atoms with Crippen LogP contribution in [0.25, 0.3) is 0 Å². The summed E-state index contributed by atoms with van der Waals surface area (Å²) in [7, 11) is 0. The zero-order valence-corrected chi connectivity index (χ0v) is 15.4. The largest absolute Gasteiger partial charge is 0.494 e. The van der Waals surface area contributed by atoms with Crippen molar-refractivity contribution >= 4 is 28.9 Å². The van der Waals surface area contributed by atoms with Gasteiger partial charge in [-0.3, -0.25) is 10.1 Å². The lowest BCUT2D eigenvalue weighted by molar-refractivity contribution is 0.0977. The SMILES string of the molecule is CCCCCOc1ccc(C(=O)NC(=S)Nc2ccc(C#N)cc2)cc1. The number of carbonyl (C=O) groups is 1. The van der Waals surface area contributed by atoms with Crippen LogP contribution in [0.15, 0.2) is 48.5 Å². The van der Waals surface area contributed by atoms with Crippen molar-refractivity contribution in [2.45, 2.75) is 26.2 Å². The van der Waals surface area contributed by atoms with E-state index < -0.39 is 0 Å². The molecule has 2 rings (SSSR count). The van der Waals surface area contributed by atoms with Crippen LogP contribution in [0, 0.1) is 11.3 Å². The number of carbonyl (C=O) groups excluding carboxylic acids is 1. The van der Waals surface area contributed by atoms with Crippen LogP contribution in [0.1, 0.15) is 42.1 Å². The number of amides is 1. The molecule has 0 aliphatic rings. The van der Waals surface area contributed by atoms with Gasteiger partial charge in [-0.05, 0) is 67.2 Å². The number of nitrogens with one attached hydrogen (secondary N) is 2. The molecular weight excluding hydrogens is 346 g/mol. The van der Waals surface area contributed by atoms with Crippen molar-refractivity contribution in [1.82, 2.24) is 5.32 Å². The Balaban J connectivity index is 1.84. The van der Waals surface area contributed by atoms with E-state index in [1.54, 1.807) is 48.5 Å². The molecule has 0 saturated heterocycles. The highest BCUT2D eigenvalue weighted by Gasteiger charge is 2.08. The van der Waals surface area contributed by atoms with Crippen molar-refractivity contribution in [2.75, 3.05) is 11.9 Å². The number of benzene rings is 2. The molecule has 0 bridgehead atoms. The summed E-state index contributed by atoms with van der Waals surface area (Å²) in [5.74, 6) is 0.449. The van der Waals surface area contributed by atoms with Crippen LogP contribution < -0.4 is 15.4 Å². The molecule has 0 heterocycles. The third-order valence-electron chi connectivity index (χ3n) is 3.63. The average molecular weight is 367 g/mol. The summed E-state index contributed by atoms with van der Waals surface area (Å²) in [6.45, 7) is 2.83. The molecule has 0 unspecified atom stereocenters. The van der Waals surface area contributed by atoms with Gasteiger partial charge in [-0.25, -0.2) is 0 Å². The van der Waals surface area contributed by atoms with Gasteiger partial charge in [-0.2, -0.15) is 5.26 Å². The van der Waals surface area contributed by atoms with Crippen LogP contribution in [0.5, 0.6) is 5.75 Å². The van der Waals surface area contributed by atoms with Crippen LogP contribution in [0.2, 0.25) is 0 Å². The van der Waals surface area contributed by atoms with Gasteiger partial charge in [0.2, 0.25) is 0 Å². The molecule has 0 atom stereocenters. The van der Waals surface area contributed by atoms with Crippen LogP contribution in [-0.4, -0.2) is 17.6 Å². The van der Waals surface area contributed by atoms with Crippen LogP contribution >= 0.6 is 12.2 Å². The maximum absolute atomic E-state index is 12.2. The first-order valence-corrected chi connectivity index (χ1v) is 8.88. The second-order valence-corrected chi connectivity index (χ2v) is 6.09. The van der Waals surface area contributed by atoms with Gasteiger partial charge in [0.25, 0.3) is 5.91 Å². The maximum atomic E-state index is 12.2. The highest BCUT2D eigenvalue weighted by molar-refractivity contribution is 7.80. The fourth-order valence-electron chi connectivity index (χ4n) is 2.21. The first-order chi connectivity index (χ1) is 12.6. The number of hydrogen-bond donors (Lipinski definition) is 2. The molecule has 0 aliphatic heterocycles. The maximum Gasteiger partial charge on any atom is 0.257 e. The summed E-state index contributed by atoms with van der Waals surface area (Å²) in [6.07, 6.45) is 3.32. The molecule has 0 fully saturated rings. The van der Waals surface area contributed by atoms with Crippen LogP contribution in [0.4, 0.5) is 5.69 Å². The summed E-state index contributed by atoms with van der Waals surface area (Å²) >= 11 is 5.15. The molecule has 26 heavy (non-hydrogen) atoms. The lowest BCUT2D eigenvalue weighted by Gasteiger charge is -2.10. The Morgan fingerprint density at radius 1 is 1.12 bits per heavy atom. The summed E-state index contributed by atoms with van der Waals surface area (Å²) < 4.78 is 5.63. The van der Waals surface area contributed by atoms with E-state index in [-0.39, 0.29) is 11.0 Å². The van der Waals surface area contributed by atoms with Crippen molar-refractivity contribution in [1.29, 1.82) is 5.26 Å². The minimum Gasteiger partial charge on any atom is -0.494 e. The van der Waals surface area contributed by atoms with Gasteiger partial charge in [-0.1, -0.05) is 19.8 Å². The van der Waals surface area contributed by atoms with Gasteiger partial charge < -0.3 is 10.1 Å². The van der Waals surface area contributed by atoms with Crippen LogP contribution in [0.3, 0.4) is 0 Å². The summed E-state index contributed by atoms with van der Waals surface area (Å²) in [6, 6.07) is 15.8. The lowest BCUT2D eigenvalue weighted by Crippen LogP contribution is -2.34. The minimum atomic E-state index is -0.298. The lowest BCUT2D eigenvalue weighted by atomic mass is 10.2. The number of unbranched alkanes of at least 4 members (excludes halogenated alkanes) is 2. The van der Waals surface area contributed by atoms with Gasteiger partial charge in [0, 0.05) is 11.3 Å². The molecule has 0 saturated carbocycles. The normalized spacial score (nSPS) is 9.85. The van der Waals surface area contributed by atoms with Crippen LogP contribution in [-0.2, 0) is 0 Å². The molecule has 0 aromatic heterocycles. The van der Waals surface area contributed by atoms with Crippen molar-refractivity contribution in [3.05, 3.63) is 59.7 Å². The number of ether oxygens (including phenoxy) is 1. The fourth-order valence-corrected chi connectivity index (χ4v) is 2.42. The number of rotatable bonds is 7. The Labute approximate surface area is 159 Å². The van der Waals surface area contributed by atoms with Crippen molar-refractivity contribution in [3.8, 4) is 11.8 Å². The highest BCUT2D eigenvalue weighted by atomic mass is 32.1. The molecule has 0 radical (unpaired) electrons. The fraction of sp³-hybridized carbons (Fsp3) is 0.250. The van der Waals surface area contributed by atoms with Gasteiger partial charge in [-0.15, -0.1) is 0 Å². The van der Waals surface area contributed by atoms with Crippen molar-refractivity contribution < 1.29 is 9.53 Å². The molecule has 2 aromatic carbocycles. The number of hydrogen-bond acceptors (Lipinski definition) is 4. The molecular formula is C20H21N3O2S. The van der Waals surface area contributed by atoms with E-state index in [4.69, 9.17) is 22.2 Å². The predicted octanol–water partition coefficient (Wildman–Crippen LogP) is 4.25. The van der Waals surface area contributed by atoms with E-state index in [9.17, 15) is 4.79 Å². The van der Waals surface area contributed by atoms with Gasteiger partial charge in [0.05, 0.1) is 18.2 Å². The van der Waals surface area contributed by atoms with E-state index in [1.165, 1.54) is 0 Å². The van der Waals surface area contributed by atoms with E-state index >= 15 is 0 Å². The van der Waals surface area contributed by atoms with Gasteiger partial charge >= 0.3 is 0 Å². The second-order valence-electron chi connectivity index (χ2n) is 5.68. The van der Waals surface area contributed by atoms with Gasteiger partial charge in [0.15, 0.2) is 5.11 Å². The highest BCUT2D eigenvalue weighted by Crippen LogP contribution is 2.13. The van der Waals surface area contributed by atoms with E-state index in [2.05, 4.69) is 17.6 Å². The Kier molecular flexibility index (Phi) is 7.59. The Morgan fingerprint density at radius 3 is 2.42 bits per heavy atom. The smallest absolute Gasteiger partial charge is 0.257 e. The first-order valence-electron chi connectivity index (χ1n) is 8.47. The molecule has 5 nitrogen and oxygen atoms in total. The first kappa shape index (κ1) is 19.4. The standard InChI is InChI=1S/C20H21N3O2S/c1-2-3-4-13-25-18-11-7-16(8-12-18)19(24)23-20(26)22-17-9-5-15(14-21)6-10-17/h5-12H,2-4,13H2,1H3,(H2,22,23,24,26). The number of thiocarbonyl (C=S) groups is 1. The third kappa shape index (κ3) is 6.19. The molecule has 134 valence electrons. The Bertz CT molecular complexity index is 780. The molecule has 2 aromatic rings. The minimum absolute atomic E-state index is 0.194. The summed E-state index contributed by atoms with van der Waals surface area (Å²) in [5, 5.41) is 14.5. The number of anilines is 1. The van der Waals surface area contributed by atoms with E-state index in [0.717, 1.165) is 25.0 Å². The quantitative estimate of drug-likeness (QED) is 0.565. The Hall–Kier alpha value is -2.91. The summed E-state index contributed by atoms with van der Waals surface area (Å²) in [5.41, 5.74) is 1.75. The van der Waals surface area contributed by atoms with Gasteiger partial charge in [0.1, 0.15) is 5.75 Å². The second kappa shape index (κ2) is 10.2. The Morgan fingerprint density at radius 2 is 1.81 bits per heavy atom. The van der Waals surface area contributed by atoms with E-state index in [1.807, 2.05) is 6.07 Å². The molecule has 2 N–H and O–H groups in total. The molecule has 0 aliphatic carbocycles. The zero-order valence-electron chi connectivity index (χ0n) is 14.6. The third-order valence-corrected chi connectivity index (χ3v) is 3.84. The molecule has 6 heteroatoms. The molecule has 1 amide bonds. The zero-order chi connectivity index (χ0) is 18.8. The van der Waals surface area contributed by atoms with Crippen molar-refractivity contribution in [3.63, 3.8) is 0 Å².